The maximum absolute atomic E-state index is 13.7. The molecule has 0 aliphatic carbocycles. The first kappa shape index (κ1) is 23.3. The summed E-state index contributed by atoms with van der Waals surface area (Å²) in [5.74, 6) is 1.07. The van der Waals surface area contributed by atoms with Crippen LogP contribution in [0, 0.1) is 5.92 Å². The SMILES string of the molecule is COc1ccccc1CN1C(=O)C(CC(C)C)NC(=O)C12CCN(Cc1ccccc1)CC2. The Kier molecular flexibility index (Phi) is 7.03. The van der Waals surface area contributed by atoms with E-state index in [4.69, 9.17) is 4.74 Å². The summed E-state index contributed by atoms with van der Waals surface area (Å²) < 4.78 is 5.55. The molecule has 1 unspecified atom stereocenters. The van der Waals surface area contributed by atoms with Gasteiger partial charge in [-0.2, -0.15) is 0 Å². The highest BCUT2D eigenvalue weighted by atomic mass is 16.5. The van der Waals surface area contributed by atoms with Crippen molar-refractivity contribution in [2.24, 2.45) is 5.92 Å². The van der Waals surface area contributed by atoms with Gasteiger partial charge in [-0.25, -0.2) is 0 Å². The first-order valence-electron chi connectivity index (χ1n) is 11.9. The molecule has 2 fully saturated rings. The molecule has 2 aromatic rings. The second-order valence-electron chi connectivity index (χ2n) is 9.69. The average Bonchev–Trinajstić information content (AvgIpc) is 2.82. The lowest BCUT2D eigenvalue weighted by Crippen LogP contribution is -2.72. The number of methoxy groups -OCH3 is 1. The zero-order valence-corrected chi connectivity index (χ0v) is 19.9. The number of likely N-dealkylation sites (tertiary alicyclic amines) is 1. The number of piperidine rings is 1. The zero-order valence-electron chi connectivity index (χ0n) is 19.9. The Bertz CT molecular complexity index is 968. The number of amides is 2. The van der Waals surface area contributed by atoms with Gasteiger partial charge in [0.2, 0.25) is 11.8 Å². The summed E-state index contributed by atoms with van der Waals surface area (Å²) in [6.07, 6.45) is 1.89. The predicted octanol–water partition coefficient (Wildman–Crippen LogP) is 3.60. The Balaban J connectivity index is 1.59. The minimum absolute atomic E-state index is 0.0120. The molecule has 2 amide bonds. The number of para-hydroxylation sites is 1. The molecule has 0 saturated carbocycles. The number of nitrogens with zero attached hydrogens (tertiary/aromatic N) is 2. The number of rotatable bonds is 7. The smallest absolute Gasteiger partial charge is 0.246 e. The molecule has 0 aromatic heterocycles. The zero-order chi connectivity index (χ0) is 23.4. The van der Waals surface area contributed by atoms with Crippen LogP contribution >= 0.6 is 0 Å². The average molecular weight is 450 g/mol. The quantitative estimate of drug-likeness (QED) is 0.702. The second kappa shape index (κ2) is 9.96. The molecule has 6 heteroatoms. The fourth-order valence-corrected chi connectivity index (χ4v) is 5.16. The molecule has 0 bridgehead atoms. The molecule has 1 N–H and O–H groups in total. The molecule has 6 nitrogen and oxygen atoms in total. The van der Waals surface area contributed by atoms with Crippen LogP contribution in [-0.2, 0) is 22.7 Å². The molecule has 176 valence electrons. The van der Waals surface area contributed by atoms with E-state index in [1.54, 1.807) is 7.11 Å². The molecule has 2 saturated heterocycles. The lowest BCUT2D eigenvalue weighted by Gasteiger charge is -2.52. The van der Waals surface area contributed by atoms with Crippen LogP contribution in [0.15, 0.2) is 54.6 Å². The van der Waals surface area contributed by atoms with E-state index < -0.39 is 11.6 Å². The van der Waals surface area contributed by atoms with Gasteiger partial charge in [0.05, 0.1) is 13.7 Å². The molecular weight excluding hydrogens is 414 g/mol. The van der Waals surface area contributed by atoms with Crippen molar-refractivity contribution in [1.82, 2.24) is 15.1 Å². The Labute approximate surface area is 196 Å². The lowest BCUT2D eigenvalue weighted by atomic mass is 9.80. The molecular formula is C27H35N3O3. The van der Waals surface area contributed by atoms with E-state index in [1.165, 1.54) is 5.56 Å². The molecule has 2 aromatic carbocycles. The third kappa shape index (κ3) is 4.91. The fraction of sp³-hybridized carbons (Fsp3) is 0.481. The largest absolute Gasteiger partial charge is 0.496 e. The molecule has 33 heavy (non-hydrogen) atoms. The Morgan fingerprint density at radius 2 is 1.67 bits per heavy atom. The van der Waals surface area contributed by atoms with Gasteiger partial charge < -0.3 is 15.0 Å². The van der Waals surface area contributed by atoms with Crippen molar-refractivity contribution in [3.8, 4) is 5.75 Å². The number of hydrogen-bond acceptors (Lipinski definition) is 4. The first-order valence-corrected chi connectivity index (χ1v) is 11.9. The van der Waals surface area contributed by atoms with Crippen molar-refractivity contribution >= 4 is 11.8 Å². The number of carbonyl (C=O) groups excluding carboxylic acids is 2. The van der Waals surface area contributed by atoms with Gasteiger partial charge in [0.15, 0.2) is 0 Å². The van der Waals surface area contributed by atoms with E-state index in [9.17, 15) is 9.59 Å². The molecule has 2 aliphatic heterocycles. The third-order valence-electron chi connectivity index (χ3n) is 6.97. The van der Waals surface area contributed by atoms with Crippen molar-refractivity contribution in [1.29, 1.82) is 0 Å². The number of ether oxygens (including phenoxy) is 1. The van der Waals surface area contributed by atoms with Crippen LogP contribution in [-0.4, -0.2) is 53.4 Å². The van der Waals surface area contributed by atoms with Crippen LogP contribution in [0.3, 0.4) is 0 Å². The van der Waals surface area contributed by atoms with Crippen LogP contribution in [0.2, 0.25) is 0 Å². The maximum atomic E-state index is 13.7. The highest BCUT2D eigenvalue weighted by molar-refractivity contribution is 6.00. The van der Waals surface area contributed by atoms with Crippen LogP contribution in [0.5, 0.6) is 5.75 Å². The number of carbonyl (C=O) groups is 2. The van der Waals surface area contributed by atoms with Crippen molar-refractivity contribution in [2.45, 2.75) is 57.8 Å². The first-order chi connectivity index (χ1) is 15.9. The predicted molar refractivity (Wildman–Crippen MR) is 129 cm³/mol. The summed E-state index contributed by atoms with van der Waals surface area (Å²) >= 11 is 0. The second-order valence-corrected chi connectivity index (χ2v) is 9.69. The van der Waals surface area contributed by atoms with Crippen LogP contribution < -0.4 is 10.1 Å². The molecule has 1 spiro atoms. The summed E-state index contributed by atoms with van der Waals surface area (Å²) in [6.45, 7) is 6.94. The molecule has 4 rings (SSSR count). The standard InChI is InChI=1S/C27H35N3O3/c1-20(2)17-23-25(31)30(19-22-11-7-8-12-24(22)33-3)27(26(32)28-23)13-15-29(16-14-27)18-21-9-5-4-6-10-21/h4-12,20,23H,13-19H2,1-3H3,(H,28,32). The van der Waals surface area contributed by atoms with E-state index in [1.807, 2.05) is 35.2 Å². The summed E-state index contributed by atoms with van der Waals surface area (Å²) in [4.78, 5) is 31.5. The minimum Gasteiger partial charge on any atom is -0.496 e. The van der Waals surface area contributed by atoms with E-state index >= 15 is 0 Å². The minimum atomic E-state index is -0.821. The van der Waals surface area contributed by atoms with E-state index in [0.717, 1.165) is 30.9 Å². The monoisotopic (exact) mass is 449 g/mol. The summed E-state index contributed by atoms with van der Waals surface area (Å²) in [7, 11) is 1.64. The van der Waals surface area contributed by atoms with Crippen LogP contribution in [0.1, 0.15) is 44.2 Å². The molecule has 1 atom stereocenters. The van der Waals surface area contributed by atoms with Crippen molar-refractivity contribution < 1.29 is 14.3 Å². The summed E-state index contributed by atoms with van der Waals surface area (Å²) in [5, 5.41) is 3.09. The Morgan fingerprint density at radius 1 is 1.00 bits per heavy atom. The van der Waals surface area contributed by atoms with Gasteiger partial charge in [-0.15, -0.1) is 0 Å². The van der Waals surface area contributed by atoms with Crippen molar-refractivity contribution in [2.75, 3.05) is 20.2 Å². The Morgan fingerprint density at radius 3 is 2.33 bits per heavy atom. The summed E-state index contributed by atoms with van der Waals surface area (Å²) in [6, 6.07) is 17.7. The third-order valence-corrected chi connectivity index (χ3v) is 6.97. The lowest BCUT2D eigenvalue weighted by molar-refractivity contribution is -0.162. The normalized spacial score (nSPS) is 20.8. The topological polar surface area (TPSA) is 61.9 Å². The Hall–Kier alpha value is -2.86. The summed E-state index contributed by atoms with van der Waals surface area (Å²) in [5.41, 5.74) is 1.37. The van der Waals surface area contributed by atoms with Gasteiger partial charge in [-0.1, -0.05) is 62.4 Å². The van der Waals surface area contributed by atoms with Crippen LogP contribution in [0.4, 0.5) is 0 Å². The van der Waals surface area contributed by atoms with Gasteiger partial charge in [-0.3, -0.25) is 14.5 Å². The van der Waals surface area contributed by atoms with Gasteiger partial charge in [0.1, 0.15) is 17.3 Å². The van der Waals surface area contributed by atoms with E-state index in [-0.39, 0.29) is 11.8 Å². The van der Waals surface area contributed by atoms with Gasteiger partial charge in [-0.05, 0) is 36.8 Å². The van der Waals surface area contributed by atoms with Crippen LogP contribution in [0.25, 0.3) is 0 Å². The molecule has 0 radical (unpaired) electrons. The van der Waals surface area contributed by atoms with E-state index in [0.29, 0.717) is 31.7 Å². The fourth-order valence-electron chi connectivity index (χ4n) is 5.16. The number of piperazine rings is 1. The maximum Gasteiger partial charge on any atom is 0.246 e. The number of benzene rings is 2. The highest BCUT2D eigenvalue weighted by Gasteiger charge is 2.53. The van der Waals surface area contributed by atoms with Gasteiger partial charge >= 0.3 is 0 Å². The molecule has 2 aliphatic rings. The van der Waals surface area contributed by atoms with Crippen molar-refractivity contribution in [3.05, 3.63) is 65.7 Å². The van der Waals surface area contributed by atoms with Gasteiger partial charge in [0, 0.05) is 25.2 Å². The number of hydrogen-bond donors (Lipinski definition) is 1. The van der Waals surface area contributed by atoms with Crippen molar-refractivity contribution in [3.63, 3.8) is 0 Å². The van der Waals surface area contributed by atoms with Gasteiger partial charge in [0.25, 0.3) is 0 Å². The molecule has 2 heterocycles. The van der Waals surface area contributed by atoms with E-state index in [2.05, 4.69) is 48.3 Å². The highest BCUT2D eigenvalue weighted by Crippen LogP contribution is 2.36. The number of nitrogens with one attached hydrogen (secondary N) is 1.